The zero-order valence-corrected chi connectivity index (χ0v) is 12.8. The van der Waals surface area contributed by atoms with E-state index in [1.54, 1.807) is 12.1 Å². The molecule has 2 rings (SSSR count). The first kappa shape index (κ1) is 15.9. The van der Waals surface area contributed by atoms with Gasteiger partial charge in [0.15, 0.2) is 0 Å². The molecule has 1 atom stereocenters. The molecular formula is C14H20N2O4S. The molecular weight excluding hydrogens is 292 g/mol. The lowest BCUT2D eigenvalue weighted by atomic mass is 10.1. The molecule has 0 spiro atoms. The van der Waals surface area contributed by atoms with E-state index in [1.165, 1.54) is 12.1 Å². The largest absolute Gasteiger partial charge is 0.377 e. The standard InChI is InChI=1S/C14H20N2O4S/c1-11-10-20-9-8-16(11)14(17)7-4-12-2-5-13(6-3-12)21(15,18)19/h2-3,5-6,11H,4,7-10H2,1H3,(H2,15,18,19)/t11-/m1/s1. The number of benzene rings is 1. The molecule has 0 unspecified atom stereocenters. The number of primary sulfonamides is 1. The Hall–Kier alpha value is -1.44. The Kier molecular flexibility index (Phi) is 4.97. The van der Waals surface area contributed by atoms with Crippen LogP contribution in [0.1, 0.15) is 18.9 Å². The Morgan fingerprint density at radius 3 is 2.62 bits per heavy atom. The molecule has 0 aromatic heterocycles. The van der Waals surface area contributed by atoms with E-state index in [0.717, 1.165) is 5.56 Å². The monoisotopic (exact) mass is 312 g/mol. The fourth-order valence-electron chi connectivity index (χ4n) is 2.34. The first-order valence-electron chi connectivity index (χ1n) is 6.87. The molecule has 0 bridgehead atoms. The van der Waals surface area contributed by atoms with Crippen molar-refractivity contribution in [3.8, 4) is 0 Å². The summed E-state index contributed by atoms with van der Waals surface area (Å²) in [6, 6.07) is 6.42. The smallest absolute Gasteiger partial charge is 0.238 e. The van der Waals surface area contributed by atoms with Crippen molar-refractivity contribution in [2.45, 2.75) is 30.7 Å². The number of morpholine rings is 1. The van der Waals surface area contributed by atoms with Gasteiger partial charge < -0.3 is 9.64 Å². The van der Waals surface area contributed by atoms with Crippen molar-refractivity contribution < 1.29 is 17.9 Å². The molecule has 1 aromatic carbocycles. The SMILES string of the molecule is C[C@@H]1COCCN1C(=O)CCc1ccc(S(N)(=O)=O)cc1. The number of carbonyl (C=O) groups is 1. The summed E-state index contributed by atoms with van der Waals surface area (Å²) in [4.78, 5) is 14.1. The molecule has 1 heterocycles. The van der Waals surface area contributed by atoms with Crippen LogP contribution in [0.4, 0.5) is 0 Å². The number of hydrogen-bond donors (Lipinski definition) is 1. The Labute approximate surface area is 124 Å². The third-order valence-corrected chi connectivity index (χ3v) is 4.50. The lowest BCUT2D eigenvalue weighted by Crippen LogP contribution is -2.47. The Morgan fingerprint density at radius 1 is 1.38 bits per heavy atom. The summed E-state index contributed by atoms with van der Waals surface area (Å²) in [5.74, 6) is 0.0984. The average Bonchev–Trinajstić information content (AvgIpc) is 2.45. The number of nitrogens with two attached hydrogens (primary N) is 1. The van der Waals surface area contributed by atoms with E-state index < -0.39 is 10.0 Å². The fraction of sp³-hybridized carbons (Fsp3) is 0.500. The van der Waals surface area contributed by atoms with Crippen LogP contribution >= 0.6 is 0 Å². The van der Waals surface area contributed by atoms with Gasteiger partial charge in [0, 0.05) is 13.0 Å². The minimum Gasteiger partial charge on any atom is -0.377 e. The van der Waals surface area contributed by atoms with Crippen molar-refractivity contribution in [3.05, 3.63) is 29.8 Å². The molecule has 6 nitrogen and oxygen atoms in total. The summed E-state index contributed by atoms with van der Waals surface area (Å²) in [6.07, 6.45) is 0.979. The van der Waals surface area contributed by atoms with Crippen molar-refractivity contribution in [2.75, 3.05) is 19.8 Å². The molecule has 116 valence electrons. The summed E-state index contributed by atoms with van der Waals surface area (Å²) in [6.45, 7) is 3.76. The van der Waals surface area contributed by atoms with Gasteiger partial charge >= 0.3 is 0 Å². The second-order valence-electron chi connectivity index (χ2n) is 5.20. The highest BCUT2D eigenvalue weighted by Crippen LogP contribution is 2.13. The summed E-state index contributed by atoms with van der Waals surface area (Å²) in [7, 11) is -3.66. The zero-order chi connectivity index (χ0) is 15.5. The Bertz CT molecular complexity index is 598. The number of hydrogen-bond acceptors (Lipinski definition) is 4. The van der Waals surface area contributed by atoms with Crippen LogP contribution in [-0.4, -0.2) is 45.0 Å². The van der Waals surface area contributed by atoms with Gasteiger partial charge in [0.25, 0.3) is 0 Å². The number of ether oxygens (including phenoxy) is 1. The predicted octanol–water partition coefficient (Wildman–Crippen LogP) is 0.514. The molecule has 1 saturated heterocycles. The van der Waals surface area contributed by atoms with Gasteiger partial charge in [0.05, 0.1) is 24.2 Å². The van der Waals surface area contributed by atoms with Gasteiger partial charge in [-0.15, -0.1) is 0 Å². The Morgan fingerprint density at radius 2 is 2.05 bits per heavy atom. The number of rotatable bonds is 4. The summed E-state index contributed by atoms with van der Waals surface area (Å²) >= 11 is 0. The maximum Gasteiger partial charge on any atom is 0.238 e. The van der Waals surface area contributed by atoms with E-state index in [9.17, 15) is 13.2 Å². The van der Waals surface area contributed by atoms with Gasteiger partial charge in [-0.1, -0.05) is 12.1 Å². The van der Waals surface area contributed by atoms with E-state index in [1.807, 2.05) is 11.8 Å². The molecule has 0 aliphatic carbocycles. The minimum atomic E-state index is -3.66. The molecule has 1 aliphatic rings. The quantitative estimate of drug-likeness (QED) is 0.877. The molecule has 1 aromatic rings. The van der Waals surface area contributed by atoms with Crippen LogP contribution in [0.2, 0.25) is 0 Å². The zero-order valence-electron chi connectivity index (χ0n) is 12.0. The van der Waals surface area contributed by atoms with E-state index in [-0.39, 0.29) is 16.8 Å². The first-order valence-corrected chi connectivity index (χ1v) is 8.41. The fourth-order valence-corrected chi connectivity index (χ4v) is 2.85. The predicted molar refractivity (Wildman–Crippen MR) is 78.1 cm³/mol. The van der Waals surface area contributed by atoms with Crippen LogP contribution in [0.3, 0.4) is 0 Å². The van der Waals surface area contributed by atoms with Gasteiger partial charge in [-0.05, 0) is 31.0 Å². The molecule has 21 heavy (non-hydrogen) atoms. The number of nitrogens with zero attached hydrogens (tertiary/aromatic N) is 1. The number of amides is 1. The second-order valence-corrected chi connectivity index (χ2v) is 6.76. The van der Waals surface area contributed by atoms with Crippen LogP contribution in [-0.2, 0) is 26.0 Å². The molecule has 0 radical (unpaired) electrons. The van der Waals surface area contributed by atoms with Crippen molar-refractivity contribution in [1.29, 1.82) is 0 Å². The maximum atomic E-state index is 12.2. The molecule has 0 saturated carbocycles. The second kappa shape index (κ2) is 6.55. The van der Waals surface area contributed by atoms with Crippen LogP contribution in [0.15, 0.2) is 29.2 Å². The van der Waals surface area contributed by atoms with Crippen LogP contribution in [0.25, 0.3) is 0 Å². The van der Waals surface area contributed by atoms with Crippen molar-refractivity contribution in [2.24, 2.45) is 5.14 Å². The van der Waals surface area contributed by atoms with Crippen LogP contribution in [0, 0.1) is 0 Å². The van der Waals surface area contributed by atoms with Crippen LogP contribution < -0.4 is 5.14 Å². The third kappa shape index (κ3) is 4.26. The number of sulfonamides is 1. The number of aryl methyl sites for hydroxylation is 1. The maximum absolute atomic E-state index is 12.2. The van der Waals surface area contributed by atoms with Crippen molar-refractivity contribution in [3.63, 3.8) is 0 Å². The van der Waals surface area contributed by atoms with Crippen LogP contribution in [0.5, 0.6) is 0 Å². The molecule has 1 amide bonds. The lowest BCUT2D eigenvalue weighted by molar-refractivity contribution is -0.139. The van der Waals surface area contributed by atoms with Crippen molar-refractivity contribution >= 4 is 15.9 Å². The topological polar surface area (TPSA) is 89.7 Å². The van der Waals surface area contributed by atoms with Gasteiger partial charge in [-0.2, -0.15) is 0 Å². The normalized spacial score (nSPS) is 19.5. The third-order valence-electron chi connectivity index (χ3n) is 3.57. The summed E-state index contributed by atoms with van der Waals surface area (Å²) in [5.41, 5.74) is 0.914. The summed E-state index contributed by atoms with van der Waals surface area (Å²) < 4.78 is 27.6. The average molecular weight is 312 g/mol. The summed E-state index contributed by atoms with van der Waals surface area (Å²) in [5, 5.41) is 5.04. The van der Waals surface area contributed by atoms with E-state index in [0.29, 0.717) is 32.6 Å². The van der Waals surface area contributed by atoms with E-state index >= 15 is 0 Å². The first-order chi connectivity index (χ1) is 9.88. The van der Waals surface area contributed by atoms with Crippen molar-refractivity contribution in [1.82, 2.24) is 4.90 Å². The van der Waals surface area contributed by atoms with Gasteiger partial charge in [-0.3, -0.25) is 4.79 Å². The molecule has 2 N–H and O–H groups in total. The molecule has 7 heteroatoms. The van der Waals surface area contributed by atoms with Gasteiger partial charge in [0.1, 0.15) is 0 Å². The number of carbonyl (C=O) groups excluding carboxylic acids is 1. The van der Waals surface area contributed by atoms with E-state index in [2.05, 4.69) is 0 Å². The lowest BCUT2D eigenvalue weighted by Gasteiger charge is -2.33. The highest BCUT2D eigenvalue weighted by atomic mass is 32.2. The minimum absolute atomic E-state index is 0.0828. The van der Waals surface area contributed by atoms with E-state index in [4.69, 9.17) is 9.88 Å². The molecule has 1 aliphatic heterocycles. The van der Waals surface area contributed by atoms with Gasteiger partial charge in [-0.25, -0.2) is 13.6 Å². The molecule has 1 fully saturated rings. The highest BCUT2D eigenvalue weighted by molar-refractivity contribution is 7.89. The Balaban J connectivity index is 1.92. The van der Waals surface area contributed by atoms with Gasteiger partial charge in [0.2, 0.25) is 15.9 Å². The highest BCUT2D eigenvalue weighted by Gasteiger charge is 2.23.